The number of allylic oxidation sites excluding steroid dienone is 1. The third-order valence-corrected chi connectivity index (χ3v) is 3.80. The highest BCUT2D eigenvalue weighted by molar-refractivity contribution is 5.00. The molecule has 0 aliphatic rings. The zero-order chi connectivity index (χ0) is 12.6. The van der Waals surface area contributed by atoms with Crippen molar-refractivity contribution in [3.8, 4) is 0 Å². The molecular formula is C15H31N. The number of nitrogens with one attached hydrogen (secondary N) is 1. The van der Waals surface area contributed by atoms with Gasteiger partial charge in [0.15, 0.2) is 0 Å². The lowest BCUT2D eigenvalue weighted by Gasteiger charge is -2.31. The summed E-state index contributed by atoms with van der Waals surface area (Å²) in [5.41, 5.74) is 1.96. The fourth-order valence-electron chi connectivity index (χ4n) is 1.89. The molecule has 0 amide bonds. The molecule has 0 aliphatic heterocycles. The number of rotatable bonds is 8. The van der Waals surface area contributed by atoms with Gasteiger partial charge in [0.05, 0.1) is 0 Å². The molecule has 0 rings (SSSR count). The van der Waals surface area contributed by atoms with Crippen molar-refractivity contribution in [2.24, 2.45) is 11.3 Å². The van der Waals surface area contributed by atoms with Gasteiger partial charge in [0.2, 0.25) is 0 Å². The fourth-order valence-corrected chi connectivity index (χ4v) is 1.89. The summed E-state index contributed by atoms with van der Waals surface area (Å²) in [4.78, 5) is 0. The molecule has 96 valence electrons. The van der Waals surface area contributed by atoms with Crippen LogP contribution in [0.5, 0.6) is 0 Å². The SMILES string of the molecule is CCCC(C)C(C)(C)C/C=C(\C)CCNC. The second-order valence-corrected chi connectivity index (χ2v) is 5.79. The van der Waals surface area contributed by atoms with E-state index in [1.165, 1.54) is 31.3 Å². The Bertz CT molecular complexity index is 203. The van der Waals surface area contributed by atoms with Gasteiger partial charge in [-0.3, -0.25) is 0 Å². The van der Waals surface area contributed by atoms with Gasteiger partial charge in [-0.25, -0.2) is 0 Å². The minimum Gasteiger partial charge on any atom is -0.319 e. The van der Waals surface area contributed by atoms with Crippen molar-refractivity contribution in [2.75, 3.05) is 13.6 Å². The molecule has 0 saturated carbocycles. The quantitative estimate of drug-likeness (QED) is 0.604. The van der Waals surface area contributed by atoms with Crippen molar-refractivity contribution in [2.45, 2.75) is 60.3 Å². The van der Waals surface area contributed by atoms with Crippen molar-refractivity contribution in [1.82, 2.24) is 5.32 Å². The van der Waals surface area contributed by atoms with Crippen LogP contribution in [0.4, 0.5) is 0 Å². The maximum Gasteiger partial charge on any atom is -0.00147 e. The van der Waals surface area contributed by atoms with E-state index in [1.54, 1.807) is 0 Å². The zero-order valence-corrected chi connectivity index (χ0v) is 12.2. The smallest absolute Gasteiger partial charge is 0.00147 e. The van der Waals surface area contributed by atoms with E-state index in [0.717, 1.165) is 12.5 Å². The number of hydrogen-bond donors (Lipinski definition) is 1. The van der Waals surface area contributed by atoms with Gasteiger partial charge < -0.3 is 5.32 Å². The lowest BCUT2D eigenvalue weighted by Crippen LogP contribution is -2.20. The first kappa shape index (κ1) is 15.7. The minimum atomic E-state index is 0.441. The van der Waals surface area contributed by atoms with Gasteiger partial charge in [-0.15, -0.1) is 0 Å². The van der Waals surface area contributed by atoms with Crippen molar-refractivity contribution < 1.29 is 0 Å². The van der Waals surface area contributed by atoms with Gasteiger partial charge in [-0.2, -0.15) is 0 Å². The van der Waals surface area contributed by atoms with Crippen LogP contribution in [0.2, 0.25) is 0 Å². The molecule has 1 N–H and O–H groups in total. The van der Waals surface area contributed by atoms with E-state index in [4.69, 9.17) is 0 Å². The second kappa shape index (κ2) is 7.89. The zero-order valence-electron chi connectivity index (χ0n) is 12.2. The van der Waals surface area contributed by atoms with Gasteiger partial charge in [0.1, 0.15) is 0 Å². The van der Waals surface area contributed by atoms with E-state index in [-0.39, 0.29) is 0 Å². The van der Waals surface area contributed by atoms with E-state index in [2.05, 4.69) is 46.0 Å². The van der Waals surface area contributed by atoms with Crippen molar-refractivity contribution >= 4 is 0 Å². The molecule has 0 fully saturated rings. The van der Waals surface area contributed by atoms with Crippen molar-refractivity contribution in [3.63, 3.8) is 0 Å². The minimum absolute atomic E-state index is 0.441. The van der Waals surface area contributed by atoms with Crippen LogP contribution in [-0.2, 0) is 0 Å². The molecule has 0 heterocycles. The van der Waals surface area contributed by atoms with Crippen LogP contribution >= 0.6 is 0 Å². The van der Waals surface area contributed by atoms with E-state index in [9.17, 15) is 0 Å². The molecule has 0 aliphatic carbocycles. The molecule has 0 radical (unpaired) electrons. The standard InChI is InChI=1S/C15H31N/c1-7-8-14(3)15(4,5)11-9-13(2)10-12-16-6/h9,14,16H,7-8,10-12H2,1-6H3/b13-9+. The summed E-state index contributed by atoms with van der Waals surface area (Å²) in [5.74, 6) is 0.811. The normalized spacial score (nSPS) is 15.2. The summed E-state index contributed by atoms with van der Waals surface area (Å²) in [6.07, 6.45) is 7.46. The predicted molar refractivity (Wildman–Crippen MR) is 74.8 cm³/mol. The van der Waals surface area contributed by atoms with Gasteiger partial charge in [0, 0.05) is 0 Å². The summed E-state index contributed by atoms with van der Waals surface area (Å²) in [5, 5.41) is 3.20. The molecule has 0 aromatic heterocycles. The third-order valence-electron chi connectivity index (χ3n) is 3.80. The highest BCUT2D eigenvalue weighted by Crippen LogP contribution is 2.34. The van der Waals surface area contributed by atoms with E-state index in [0.29, 0.717) is 5.41 Å². The van der Waals surface area contributed by atoms with E-state index in [1.807, 2.05) is 7.05 Å². The van der Waals surface area contributed by atoms with Crippen LogP contribution < -0.4 is 5.32 Å². The Balaban J connectivity index is 4.14. The molecule has 0 spiro atoms. The highest BCUT2D eigenvalue weighted by Gasteiger charge is 2.23. The fraction of sp³-hybridized carbons (Fsp3) is 0.867. The maximum atomic E-state index is 3.20. The molecule has 0 aromatic rings. The summed E-state index contributed by atoms with van der Waals surface area (Å²) < 4.78 is 0. The van der Waals surface area contributed by atoms with Crippen LogP contribution in [0, 0.1) is 11.3 Å². The van der Waals surface area contributed by atoms with Crippen LogP contribution in [0.3, 0.4) is 0 Å². The molecule has 1 nitrogen and oxygen atoms in total. The van der Waals surface area contributed by atoms with Crippen LogP contribution in [0.25, 0.3) is 0 Å². The van der Waals surface area contributed by atoms with E-state index < -0.39 is 0 Å². The van der Waals surface area contributed by atoms with Gasteiger partial charge in [-0.1, -0.05) is 52.2 Å². The third kappa shape index (κ3) is 6.32. The predicted octanol–water partition coefficient (Wildman–Crippen LogP) is 4.39. The largest absolute Gasteiger partial charge is 0.319 e. The van der Waals surface area contributed by atoms with Gasteiger partial charge >= 0.3 is 0 Å². The van der Waals surface area contributed by atoms with E-state index >= 15 is 0 Å². The highest BCUT2D eigenvalue weighted by atomic mass is 14.8. The lowest BCUT2D eigenvalue weighted by molar-refractivity contribution is 0.219. The van der Waals surface area contributed by atoms with Crippen molar-refractivity contribution in [1.29, 1.82) is 0 Å². The Morgan fingerprint density at radius 2 is 2.00 bits per heavy atom. The Hall–Kier alpha value is -0.300. The van der Waals surface area contributed by atoms with Crippen LogP contribution in [-0.4, -0.2) is 13.6 Å². The van der Waals surface area contributed by atoms with Gasteiger partial charge in [-0.05, 0) is 44.7 Å². The molecular weight excluding hydrogens is 194 g/mol. The Morgan fingerprint density at radius 1 is 1.38 bits per heavy atom. The van der Waals surface area contributed by atoms with Gasteiger partial charge in [0.25, 0.3) is 0 Å². The molecule has 0 bridgehead atoms. The molecule has 0 saturated heterocycles. The second-order valence-electron chi connectivity index (χ2n) is 5.79. The first-order chi connectivity index (χ1) is 7.44. The Labute approximate surface area is 103 Å². The van der Waals surface area contributed by atoms with Crippen LogP contribution in [0.1, 0.15) is 60.3 Å². The summed E-state index contributed by atoms with van der Waals surface area (Å²) in [7, 11) is 2.01. The Morgan fingerprint density at radius 3 is 2.50 bits per heavy atom. The summed E-state index contributed by atoms with van der Waals surface area (Å²) >= 11 is 0. The average Bonchev–Trinajstić information content (AvgIpc) is 2.24. The Kier molecular flexibility index (Phi) is 7.74. The topological polar surface area (TPSA) is 12.0 Å². The number of hydrogen-bond acceptors (Lipinski definition) is 1. The molecule has 1 heteroatoms. The maximum absolute atomic E-state index is 3.20. The average molecular weight is 225 g/mol. The monoisotopic (exact) mass is 225 g/mol. The summed E-state index contributed by atoms with van der Waals surface area (Å²) in [6, 6.07) is 0. The van der Waals surface area contributed by atoms with Crippen LogP contribution in [0.15, 0.2) is 11.6 Å². The van der Waals surface area contributed by atoms with Crippen molar-refractivity contribution in [3.05, 3.63) is 11.6 Å². The molecule has 0 aromatic carbocycles. The first-order valence-corrected chi connectivity index (χ1v) is 6.74. The molecule has 1 unspecified atom stereocenters. The lowest BCUT2D eigenvalue weighted by atomic mass is 9.75. The summed E-state index contributed by atoms with van der Waals surface area (Å²) in [6.45, 7) is 12.8. The molecule has 1 atom stereocenters. The first-order valence-electron chi connectivity index (χ1n) is 6.74. The molecule has 16 heavy (non-hydrogen) atoms.